The Morgan fingerprint density at radius 2 is 2.17 bits per heavy atom. The zero-order valence-corrected chi connectivity index (χ0v) is 12.0. The van der Waals surface area contributed by atoms with E-state index in [1.165, 1.54) is 11.5 Å². The van der Waals surface area contributed by atoms with E-state index in [4.69, 9.17) is 0 Å². The molecule has 1 aliphatic heterocycles. The zero-order valence-electron chi connectivity index (χ0n) is 11.2. The van der Waals surface area contributed by atoms with Gasteiger partial charge in [-0.25, -0.2) is 0 Å². The van der Waals surface area contributed by atoms with Crippen LogP contribution in [0.15, 0.2) is 0 Å². The first-order valence-electron chi connectivity index (χ1n) is 5.96. The molecule has 0 radical (unpaired) electrons. The fourth-order valence-electron chi connectivity index (χ4n) is 2.21. The summed E-state index contributed by atoms with van der Waals surface area (Å²) in [7, 11) is 3.71. The lowest BCUT2D eigenvalue weighted by atomic mass is 9.97. The highest BCUT2D eigenvalue weighted by molar-refractivity contribution is 7.10. The van der Waals surface area contributed by atoms with Crippen LogP contribution >= 0.6 is 11.5 Å². The van der Waals surface area contributed by atoms with Crippen LogP contribution in [0.4, 0.5) is 5.00 Å². The van der Waals surface area contributed by atoms with Gasteiger partial charge in [-0.15, -0.1) is 5.10 Å². The lowest BCUT2D eigenvalue weighted by Gasteiger charge is -2.44. The van der Waals surface area contributed by atoms with Gasteiger partial charge >= 0.3 is 0 Å². The molecule has 1 aliphatic rings. The maximum Gasteiger partial charge on any atom is 0.242 e. The first-order chi connectivity index (χ1) is 8.46. The van der Waals surface area contributed by atoms with E-state index >= 15 is 0 Å². The van der Waals surface area contributed by atoms with Crippen LogP contribution in [0.3, 0.4) is 0 Å². The molecule has 100 valence electrons. The van der Waals surface area contributed by atoms with Crippen LogP contribution in [0, 0.1) is 0 Å². The summed E-state index contributed by atoms with van der Waals surface area (Å²) in [5.41, 5.74) is 0.426. The standard InChI is InChI=1S/C11H19N5OS/c1-11(2)10(17)15(4)5-6-16(11)7-8-9(12-3)18-14-13-8/h12H,5-7H2,1-4H3. The molecule has 1 fully saturated rings. The summed E-state index contributed by atoms with van der Waals surface area (Å²) in [5.74, 6) is 0.156. The second-order valence-electron chi connectivity index (χ2n) is 5.01. The van der Waals surface area contributed by atoms with Gasteiger partial charge in [0.1, 0.15) is 10.7 Å². The minimum atomic E-state index is -0.484. The third-order valence-corrected chi connectivity index (χ3v) is 4.28. The Morgan fingerprint density at radius 1 is 1.44 bits per heavy atom. The van der Waals surface area contributed by atoms with Crippen molar-refractivity contribution in [3.8, 4) is 0 Å². The van der Waals surface area contributed by atoms with Crippen LogP contribution in [0.5, 0.6) is 0 Å². The molecule has 0 atom stereocenters. The first kappa shape index (κ1) is 13.2. The Kier molecular flexibility index (Phi) is 3.54. The summed E-state index contributed by atoms with van der Waals surface area (Å²) in [4.78, 5) is 16.1. The molecule has 2 rings (SSSR count). The van der Waals surface area contributed by atoms with E-state index in [-0.39, 0.29) is 5.91 Å². The molecule has 18 heavy (non-hydrogen) atoms. The van der Waals surface area contributed by atoms with E-state index in [1.807, 2.05) is 27.9 Å². The monoisotopic (exact) mass is 269 g/mol. The summed E-state index contributed by atoms with van der Waals surface area (Å²) >= 11 is 1.35. The average Bonchev–Trinajstić information content (AvgIpc) is 2.78. The van der Waals surface area contributed by atoms with Crippen LogP contribution in [-0.2, 0) is 11.3 Å². The molecule has 0 aromatic carbocycles. The summed E-state index contributed by atoms with van der Waals surface area (Å²) in [5, 5.41) is 8.18. The Balaban J connectivity index is 2.16. The molecule has 1 aromatic rings. The van der Waals surface area contributed by atoms with Crippen molar-refractivity contribution in [3.05, 3.63) is 5.69 Å². The summed E-state index contributed by atoms with van der Waals surface area (Å²) in [6, 6.07) is 0. The number of hydrogen-bond acceptors (Lipinski definition) is 6. The number of nitrogens with zero attached hydrogens (tertiary/aromatic N) is 4. The van der Waals surface area contributed by atoms with Crippen molar-refractivity contribution in [2.24, 2.45) is 0 Å². The molecule has 1 aromatic heterocycles. The number of piperazine rings is 1. The number of carbonyl (C=O) groups is 1. The largest absolute Gasteiger partial charge is 0.377 e. The van der Waals surface area contributed by atoms with Crippen molar-refractivity contribution in [3.63, 3.8) is 0 Å². The van der Waals surface area contributed by atoms with Crippen molar-refractivity contribution in [2.45, 2.75) is 25.9 Å². The summed E-state index contributed by atoms with van der Waals surface area (Å²) in [6.07, 6.45) is 0. The number of anilines is 1. The van der Waals surface area contributed by atoms with Gasteiger partial charge in [-0.2, -0.15) is 0 Å². The van der Waals surface area contributed by atoms with E-state index in [2.05, 4.69) is 19.8 Å². The maximum absolute atomic E-state index is 12.2. The van der Waals surface area contributed by atoms with E-state index in [0.29, 0.717) is 6.54 Å². The Labute approximate surface area is 111 Å². The van der Waals surface area contributed by atoms with Crippen molar-refractivity contribution < 1.29 is 4.79 Å². The third kappa shape index (κ3) is 2.20. The Morgan fingerprint density at radius 3 is 2.83 bits per heavy atom. The van der Waals surface area contributed by atoms with Crippen LogP contribution < -0.4 is 5.32 Å². The highest BCUT2D eigenvalue weighted by atomic mass is 32.1. The summed E-state index contributed by atoms with van der Waals surface area (Å²) < 4.78 is 3.95. The number of hydrogen-bond donors (Lipinski definition) is 1. The lowest BCUT2D eigenvalue weighted by molar-refractivity contribution is -0.147. The van der Waals surface area contributed by atoms with Gasteiger partial charge in [0.05, 0.1) is 5.54 Å². The van der Waals surface area contributed by atoms with Gasteiger partial charge in [-0.1, -0.05) is 4.49 Å². The highest BCUT2D eigenvalue weighted by Gasteiger charge is 2.40. The number of nitrogens with one attached hydrogen (secondary N) is 1. The first-order valence-corrected chi connectivity index (χ1v) is 6.73. The molecule has 2 heterocycles. The second kappa shape index (κ2) is 4.81. The van der Waals surface area contributed by atoms with Crippen molar-refractivity contribution in [1.29, 1.82) is 0 Å². The number of carbonyl (C=O) groups excluding carboxylic acids is 1. The van der Waals surface area contributed by atoms with Crippen molar-refractivity contribution in [2.75, 3.05) is 32.5 Å². The fourth-order valence-corrected chi connectivity index (χ4v) is 2.74. The third-order valence-electron chi connectivity index (χ3n) is 3.49. The van der Waals surface area contributed by atoms with Gasteiger partial charge in [0.25, 0.3) is 0 Å². The molecule has 1 amide bonds. The maximum atomic E-state index is 12.2. The summed E-state index contributed by atoms with van der Waals surface area (Å²) in [6.45, 7) is 6.19. The Hall–Kier alpha value is -1.21. The van der Waals surface area contributed by atoms with Gasteiger partial charge < -0.3 is 10.2 Å². The SMILES string of the molecule is CNc1snnc1CN1CCN(C)C(=O)C1(C)C. The number of aromatic nitrogens is 2. The molecule has 0 aliphatic carbocycles. The van der Waals surface area contributed by atoms with Gasteiger partial charge in [0.2, 0.25) is 5.91 Å². The number of rotatable bonds is 3. The quantitative estimate of drug-likeness (QED) is 0.872. The van der Waals surface area contributed by atoms with Crippen molar-refractivity contribution in [1.82, 2.24) is 19.4 Å². The number of likely N-dealkylation sites (N-methyl/N-ethyl adjacent to an activating group) is 1. The minimum Gasteiger partial charge on any atom is -0.377 e. The topological polar surface area (TPSA) is 61.4 Å². The smallest absolute Gasteiger partial charge is 0.242 e. The molecule has 1 N–H and O–H groups in total. The van der Waals surface area contributed by atoms with E-state index in [0.717, 1.165) is 23.8 Å². The highest BCUT2D eigenvalue weighted by Crippen LogP contribution is 2.26. The molecule has 1 saturated heterocycles. The van der Waals surface area contributed by atoms with Crippen LogP contribution in [-0.4, -0.2) is 58.0 Å². The molecule has 6 nitrogen and oxygen atoms in total. The van der Waals surface area contributed by atoms with Gasteiger partial charge in [0.15, 0.2) is 0 Å². The molecular weight excluding hydrogens is 250 g/mol. The normalized spacial score (nSPS) is 20.2. The Bertz CT molecular complexity index is 444. The average molecular weight is 269 g/mol. The molecule has 0 spiro atoms. The number of amides is 1. The lowest BCUT2D eigenvalue weighted by Crippen LogP contribution is -2.61. The van der Waals surface area contributed by atoms with Crippen LogP contribution in [0.2, 0.25) is 0 Å². The zero-order chi connectivity index (χ0) is 13.3. The predicted octanol–water partition coefficient (Wildman–Crippen LogP) is 0.632. The van der Waals surface area contributed by atoms with Gasteiger partial charge in [0, 0.05) is 45.3 Å². The minimum absolute atomic E-state index is 0.156. The molecule has 0 saturated carbocycles. The van der Waals surface area contributed by atoms with Crippen LogP contribution in [0.25, 0.3) is 0 Å². The predicted molar refractivity (Wildman–Crippen MR) is 71.6 cm³/mol. The molecular formula is C11H19N5OS. The van der Waals surface area contributed by atoms with Gasteiger partial charge in [-0.05, 0) is 13.8 Å². The fraction of sp³-hybridized carbons (Fsp3) is 0.727. The molecule has 0 unspecified atom stereocenters. The molecule has 7 heteroatoms. The van der Waals surface area contributed by atoms with E-state index in [9.17, 15) is 4.79 Å². The molecule has 0 bridgehead atoms. The van der Waals surface area contributed by atoms with Crippen LogP contribution in [0.1, 0.15) is 19.5 Å². The van der Waals surface area contributed by atoms with Gasteiger partial charge in [-0.3, -0.25) is 9.69 Å². The van der Waals surface area contributed by atoms with E-state index < -0.39 is 5.54 Å². The second-order valence-corrected chi connectivity index (χ2v) is 5.76. The van der Waals surface area contributed by atoms with E-state index in [1.54, 1.807) is 4.90 Å². The van der Waals surface area contributed by atoms with Crippen molar-refractivity contribution >= 4 is 22.4 Å².